The highest BCUT2D eigenvalue weighted by Gasteiger charge is 2.16. The van der Waals surface area contributed by atoms with E-state index < -0.39 is 0 Å². The maximum atomic E-state index is 11.4. The molecule has 0 radical (unpaired) electrons. The molecule has 1 saturated heterocycles. The van der Waals surface area contributed by atoms with E-state index in [1.807, 2.05) is 12.1 Å². The molecule has 4 nitrogen and oxygen atoms in total. The van der Waals surface area contributed by atoms with Gasteiger partial charge in [-0.05, 0) is 31.5 Å². The maximum absolute atomic E-state index is 11.4. The van der Waals surface area contributed by atoms with Crippen LogP contribution >= 0.6 is 0 Å². The minimum atomic E-state index is -0.277. The van der Waals surface area contributed by atoms with E-state index in [0.29, 0.717) is 5.92 Å². The van der Waals surface area contributed by atoms with Crippen LogP contribution in [0.25, 0.3) is 0 Å². The predicted molar refractivity (Wildman–Crippen MR) is 56.6 cm³/mol. The minimum absolute atomic E-state index is 0.183. The van der Waals surface area contributed by atoms with Crippen LogP contribution in [0.2, 0.25) is 0 Å². The van der Waals surface area contributed by atoms with Crippen molar-refractivity contribution in [2.75, 3.05) is 13.1 Å². The number of piperidine rings is 1. The van der Waals surface area contributed by atoms with Gasteiger partial charge < -0.3 is 10.3 Å². The van der Waals surface area contributed by atoms with Gasteiger partial charge in [-0.25, -0.2) is 0 Å². The molecule has 1 aliphatic heterocycles. The summed E-state index contributed by atoms with van der Waals surface area (Å²) < 4.78 is 0. The van der Waals surface area contributed by atoms with Gasteiger partial charge in [0, 0.05) is 18.2 Å². The van der Waals surface area contributed by atoms with Gasteiger partial charge in [0.05, 0.1) is 0 Å². The topological polar surface area (TPSA) is 68.7 Å². The second-order valence-corrected chi connectivity index (χ2v) is 3.81. The van der Waals surface area contributed by atoms with Crippen LogP contribution in [-0.2, 0) is 0 Å². The Morgan fingerprint density at radius 3 is 2.93 bits per heavy atom. The predicted octanol–water partition coefficient (Wildman–Crippen LogP) is 0.714. The summed E-state index contributed by atoms with van der Waals surface area (Å²) in [5.41, 5.74) is 0.842. The summed E-state index contributed by atoms with van der Waals surface area (Å²) in [6.07, 6.45) is 2.22. The quantitative estimate of drug-likeness (QED) is 0.706. The molecule has 2 heterocycles. The highest BCUT2D eigenvalue weighted by molar-refractivity contribution is 5.27. The van der Waals surface area contributed by atoms with Crippen molar-refractivity contribution < 1.29 is 0 Å². The Kier molecular flexibility index (Phi) is 2.84. The number of rotatable bonds is 1. The van der Waals surface area contributed by atoms with Crippen LogP contribution in [0.1, 0.15) is 30.0 Å². The van der Waals surface area contributed by atoms with Crippen molar-refractivity contribution in [1.82, 2.24) is 10.3 Å². The Hall–Kier alpha value is -1.60. The van der Waals surface area contributed by atoms with Crippen LogP contribution in [-0.4, -0.2) is 18.1 Å². The molecule has 4 heteroatoms. The highest BCUT2D eigenvalue weighted by atomic mass is 16.1. The van der Waals surface area contributed by atoms with Gasteiger partial charge in [-0.1, -0.05) is 0 Å². The molecular weight excluding hydrogens is 190 g/mol. The van der Waals surface area contributed by atoms with E-state index in [1.54, 1.807) is 6.07 Å². The number of H-pyrrole nitrogens is 1. The molecule has 2 rings (SSSR count). The zero-order valence-electron chi connectivity index (χ0n) is 8.42. The van der Waals surface area contributed by atoms with Crippen molar-refractivity contribution in [1.29, 1.82) is 5.26 Å². The number of nitriles is 1. The lowest BCUT2D eigenvalue weighted by Crippen LogP contribution is -2.30. The number of pyridine rings is 1. The first kappa shape index (κ1) is 9.94. The van der Waals surface area contributed by atoms with Crippen LogP contribution in [0, 0.1) is 11.3 Å². The number of hydrogen-bond acceptors (Lipinski definition) is 3. The van der Waals surface area contributed by atoms with Gasteiger partial charge in [0.15, 0.2) is 0 Å². The summed E-state index contributed by atoms with van der Waals surface area (Å²) in [5, 5.41) is 11.9. The molecular formula is C11H13N3O. The van der Waals surface area contributed by atoms with Crippen molar-refractivity contribution in [3.8, 4) is 6.07 Å². The molecule has 1 aromatic rings. The van der Waals surface area contributed by atoms with Gasteiger partial charge in [0.25, 0.3) is 5.56 Å². The van der Waals surface area contributed by atoms with E-state index in [2.05, 4.69) is 10.3 Å². The first-order chi connectivity index (χ1) is 7.31. The Morgan fingerprint density at radius 1 is 1.47 bits per heavy atom. The summed E-state index contributed by atoms with van der Waals surface area (Å²) in [6, 6.07) is 5.31. The second kappa shape index (κ2) is 4.28. The average Bonchev–Trinajstić information content (AvgIpc) is 2.30. The lowest BCUT2D eigenvalue weighted by atomic mass is 9.95. The lowest BCUT2D eigenvalue weighted by Gasteiger charge is -2.22. The monoisotopic (exact) mass is 203 g/mol. The fraction of sp³-hybridized carbons (Fsp3) is 0.455. The first-order valence-corrected chi connectivity index (χ1v) is 5.15. The highest BCUT2D eigenvalue weighted by Crippen LogP contribution is 2.20. The summed E-state index contributed by atoms with van der Waals surface area (Å²) in [4.78, 5) is 14.2. The molecule has 2 N–H and O–H groups in total. The van der Waals surface area contributed by atoms with Crippen molar-refractivity contribution in [2.45, 2.75) is 18.8 Å². The van der Waals surface area contributed by atoms with E-state index in [0.717, 1.165) is 31.6 Å². The van der Waals surface area contributed by atoms with E-state index in [4.69, 9.17) is 5.26 Å². The second-order valence-electron chi connectivity index (χ2n) is 3.81. The van der Waals surface area contributed by atoms with Crippen molar-refractivity contribution in [2.24, 2.45) is 0 Å². The van der Waals surface area contributed by atoms with E-state index in [9.17, 15) is 4.79 Å². The fourth-order valence-corrected chi connectivity index (χ4v) is 1.93. The number of aromatic nitrogens is 1. The third-order valence-electron chi connectivity index (χ3n) is 2.79. The normalized spacial score (nSPS) is 20.9. The van der Waals surface area contributed by atoms with Gasteiger partial charge in [-0.2, -0.15) is 5.26 Å². The van der Waals surface area contributed by atoms with Gasteiger partial charge in [0.1, 0.15) is 11.6 Å². The van der Waals surface area contributed by atoms with Crippen LogP contribution in [0.5, 0.6) is 0 Å². The summed E-state index contributed by atoms with van der Waals surface area (Å²) in [5.74, 6) is 0.374. The SMILES string of the molecule is N#Cc1ccc(C2CCCNC2)[nH]c1=O. The average molecular weight is 203 g/mol. The maximum Gasteiger partial charge on any atom is 0.266 e. The molecule has 15 heavy (non-hydrogen) atoms. The molecule has 0 spiro atoms. The zero-order valence-corrected chi connectivity index (χ0v) is 8.42. The Labute approximate surface area is 87.9 Å². The zero-order chi connectivity index (χ0) is 10.7. The van der Waals surface area contributed by atoms with Gasteiger partial charge >= 0.3 is 0 Å². The Morgan fingerprint density at radius 2 is 2.33 bits per heavy atom. The van der Waals surface area contributed by atoms with E-state index >= 15 is 0 Å². The fourth-order valence-electron chi connectivity index (χ4n) is 1.93. The summed E-state index contributed by atoms with van der Waals surface area (Å²) in [7, 11) is 0. The number of nitrogens with zero attached hydrogens (tertiary/aromatic N) is 1. The Balaban J connectivity index is 2.26. The van der Waals surface area contributed by atoms with E-state index in [-0.39, 0.29) is 11.1 Å². The molecule has 78 valence electrons. The molecule has 0 aliphatic carbocycles. The van der Waals surface area contributed by atoms with Crippen LogP contribution in [0.4, 0.5) is 0 Å². The number of hydrogen-bond donors (Lipinski definition) is 2. The number of aromatic amines is 1. The van der Waals surface area contributed by atoms with Gasteiger partial charge in [-0.15, -0.1) is 0 Å². The largest absolute Gasteiger partial charge is 0.325 e. The molecule has 1 unspecified atom stereocenters. The van der Waals surface area contributed by atoms with Crippen molar-refractivity contribution in [3.63, 3.8) is 0 Å². The standard InChI is InChI=1S/C11H13N3O/c12-6-8-3-4-10(14-11(8)15)9-2-1-5-13-7-9/h3-4,9,13H,1-2,5,7H2,(H,14,15). The first-order valence-electron chi connectivity index (χ1n) is 5.15. The summed E-state index contributed by atoms with van der Waals surface area (Å²) >= 11 is 0. The number of nitrogens with one attached hydrogen (secondary N) is 2. The van der Waals surface area contributed by atoms with Crippen LogP contribution in [0.15, 0.2) is 16.9 Å². The third kappa shape index (κ3) is 2.08. The molecule has 0 aromatic carbocycles. The van der Waals surface area contributed by atoms with Crippen molar-refractivity contribution in [3.05, 3.63) is 33.7 Å². The van der Waals surface area contributed by atoms with Crippen molar-refractivity contribution >= 4 is 0 Å². The smallest absolute Gasteiger partial charge is 0.266 e. The van der Waals surface area contributed by atoms with Crippen LogP contribution in [0.3, 0.4) is 0 Å². The molecule has 1 aromatic heterocycles. The van der Waals surface area contributed by atoms with Crippen LogP contribution < -0.4 is 10.9 Å². The third-order valence-corrected chi connectivity index (χ3v) is 2.79. The molecule has 1 atom stereocenters. The lowest BCUT2D eigenvalue weighted by molar-refractivity contribution is 0.454. The molecule has 0 amide bonds. The van der Waals surface area contributed by atoms with Gasteiger partial charge in [-0.3, -0.25) is 4.79 Å². The molecule has 1 aliphatic rings. The van der Waals surface area contributed by atoms with Gasteiger partial charge in [0.2, 0.25) is 0 Å². The molecule has 0 bridgehead atoms. The molecule has 1 fully saturated rings. The summed E-state index contributed by atoms with van der Waals surface area (Å²) in [6.45, 7) is 1.96. The molecule has 0 saturated carbocycles. The minimum Gasteiger partial charge on any atom is -0.325 e. The van der Waals surface area contributed by atoms with E-state index in [1.165, 1.54) is 0 Å². The Bertz CT molecular complexity index is 438.